The molecule has 9 heteroatoms. The molecule has 0 bridgehead atoms. The van der Waals surface area contributed by atoms with Gasteiger partial charge in [0.1, 0.15) is 0 Å². The minimum Gasteiger partial charge on any atom is -0.356 e. The fourth-order valence-electron chi connectivity index (χ4n) is 3.52. The number of aliphatic imine (C=N–C) groups is 1. The van der Waals surface area contributed by atoms with Gasteiger partial charge < -0.3 is 15.5 Å². The molecule has 0 saturated carbocycles. The molecular weight excluding hydrogens is 532 g/mol. The Kier molecular flexibility index (Phi) is 9.80. The van der Waals surface area contributed by atoms with Gasteiger partial charge in [0.25, 0.3) is 0 Å². The zero-order chi connectivity index (χ0) is 22.3. The van der Waals surface area contributed by atoms with E-state index in [1.807, 2.05) is 23.1 Å². The molecule has 2 aromatic carbocycles. The molecule has 2 aromatic rings. The van der Waals surface area contributed by atoms with Crippen LogP contribution in [0, 0.1) is 0 Å². The van der Waals surface area contributed by atoms with Crippen molar-refractivity contribution in [1.82, 2.24) is 15.5 Å². The highest BCUT2D eigenvalue weighted by Gasteiger charge is 2.29. The van der Waals surface area contributed by atoms with Gasteiger partial charge in [-0.15, -0.1) is 24.0 Å². The molecule has 0 spiro atoms. The van der Waals surface area contributed by atoms with Crippen molar-refractivity contribution in [1.29, 1.82) is 0 Å². The Morgan fingerprint density at radius 2 is 1.78 bits per heavy atom. The van der Waals surface area contributed by atoms with Crippen LogP contribution in [0.2, 0.25) is 0 Å². The second-order valence-corrected chi connectivity index (χ2v) is 7.54. The van der Waals surface area contributed by atoms with Crippen molar-refractivity contribution in [2.75, 3.05) is 20.1 Å². The number of hydrogen-bond donors (Lipinski definition) is 2. The molecule has 32 heavy (non-hydrogen) atoms. The van der Waals surface area contributed by atoms with Crippen LogP contribution < -0.4 is 10.6 Å². The van der Waals surface area contributed by atoms with Gasteiger partial charge in [0.15, 0.2) is 5.96 Å². The Hall–Kier alpha value is -2.30. The standard InChI is InChI=1S/C23H27F3N4O.HI/c1-27-22(28-12-11-17-7-9-20(10-8-17)23(24,25)26)29-15-18-4-2-5-19(14-18)16-30-13-3-6-21(30)31;/h2,4-5,7-10,14H,3,6,11-13,15-16H2,1H3,(H2,27,28,29);1H. The normalized spacial score (nSPS) is 14.3. The summed E-state index contributed by atoms with van der Waals surface area (Å²) >= 11 is 0. The molecule has 5 nitrogen and oxygen atoms in total. The van der Waals surface area contributed by atoms with Crippen molar-refractivity contribution >= 4 is 35.8 Å². The predicted octanol–water partition coefficient (Wildman–Crippen LogP) is 4.35. The summed E-state index contributed by atoms with van der Waals surface area (Å²) < 4.78 is 37.9. The number of nitrogens with zero attached hydrogens (tertiary/aromatic N) is 2. The third-order valence-corrected chi connectivity index (χ3v) is 5.21. The maximum atomic E-state index is 12.6. The summed E-state index contributed by atoms with van der Waals surface area (Å²) in [5.74, 6) is 0.827. The molecule has 0 unspecified atom stereocenters. The quantitative estimate of drug-likeness (QED) is 0.301. The number of rotatable bonds is 7. The summed E-state index contributed by atoms with van der Waals surface area (Å²) in [4.78, 5) is 17.9. The first-order valence-electron chi connectivity index (χ1n) is 10.3. The Labute approximate surface area is 203 Å². The minimum absolute atomic E-state index is 0. The van der Waals surface area contributed by atoms with Gasteiger partial charge >= 0.3 is 6.18 Å². The highest BCUT2D eigenvalue weighted by atomic mass is 127. The number of benzene rings is 2. The lowest BCUT2D eigenvalue weighted by Crippen LogP contribution is -2.37. The molecule has 1 aliphatic heterocycles. The first-order chi connectivity index (χ1) is 14.8. The molecule has 1 saturated heterocycles. The van der Waals surface area contributed by atoms with E-state index < -0.39 is 11.7 Å². The SMILES string of the molecule is CN=C(NCCc1ccc(C(F)(F)F)cc1)NCc1cccc(CN2CCCC2=O)c1.I. The molecular formula is C23H28F3IN4O. The Morgan fingerprint density at radius 3 is 2.41 bits per heavy atom. The van der Waals surface area contributed by atoms with E-state index in [9.17, 15) is 18.0 Å². The lowest BCUT2D eigenvalue weighted by Gasteiger charge is -2.16. The summed E-state index contributed by atoms with van der Waals surface area (Å²) in [7, 11) is 1.67. The van der Waals surface area contributed by atoms with E-state index in [1.165, 1.54) is 12.1 Å². The number of likely N-dealkylation sites (tertiary alicyclic amines) is 1. The zero-order valence-corrected chi connectivity index (χ0v) is 20.2. The smallest absolute Gasteiger partial charge is 0.356 e. The van der Waals surface area contributed by atoms with Crippen molar-refractivity contribution in [3.8, 4) is 0 Å². The number of nitrogens with one attached hydrogen (secondary N) is 2. The number of hydrogen-bond acceptors (Lipinski definition) is 2. The third kappa shape index (κ3) is 7.68. The number of amides is 1. The Balaban J connectivity index is 0.00000363. The molecule has 1 aliphatic rings. The van der Waals surface area contributed by atoms with Gasteiger partial charge in [-0.1, -0.05) is 36.4 Å². The second kappa shape index (κ2) is 12.1. The van der Waals surface area contributed by atoms with Crippen molar-refractivity contribution in [3.63, 3.8) is 0 Å². The van der Waals surface area contributed by atoms with E-state index in [1.54, 1.807) is 7.05 Å². The lowest BCUT2D eigenvalue weighted by molar-refractivity contribution is -0.137. The molecule has 1 amide bonds. The van der Waals surface area contributed by atoms with Crippen molar-refractivity contribution < 1.29 is 18.0 Å². The molecule has 1 heterocycles. The molecule has 174 valence electrons. The van der Waals surface area contributed by atoms with Crippen LogP contribution in [0.25, 0.3) is 0 Å². The summed E-state index contributed by atoms with van der Waals surface area (Å²) in [6.45, 7) is 2.56. The van der Waals surface area contributed by atoms with Crippen LogP contribution in [0.4, 0.5) is 13.2 Å². The largest absolute Gasteiger partial charge is 0.416 e. The van der Waals surface area contributed by atoms with Crippen LogP contribution in [-0.4, -0.2) is 36.9 Å². The maximum absolute atomic E-state index is 12.6. The topological polar surface area (TPSA) is 56.7 Å². The van der Waals surface area contributed by atoms with Gasteiger partial charge in [-0.25, -0.2) is 0 Å². The van der Waals surface area contributed by atoms with Gasteiger partial charge in [-0.05, 0) is 41.7 Å². The number of carbonyl (C=O) groups is 1. The number of carbonyl (C=O) groups excluding carboxylic acids is 1. The van der Waals surface area contributed by atoms with E-state index in [2.05, 4.69) is 21.7 Å². The van der Waals surface area contributed by atoms with E-state index >= 15 is 0 Å². The molecule has 1 fully saturated rings. The minimum atomic E-state index is -4.32. The van der Waals surface area contributed by atoms with Crippen LogP contribution in [-0.2, 0) is 30.5 Å². The van der Waals surface area contributed by atoms with Crippen molar-refractivity contribution in [2.24, 2.45) is 4.99 Å². The summed E-state index contributed by atoms with van der Waals surface area (Å²) in [5, 5.41) is 6.42. The molecule has 0 aromatic heterocycles. The average molecular weight is 560 g/mol. The van der Waals surface area contributed by atoms with Crippen LogP contribution in [0.3, 0.4) is 0 Å². The average Bonchev–Trinajstić information content (AvgIpc) is 3.15. The lowest BCUT2D eigenvalue weighted by atomic mass is 10.1. The van der Waals surface area contributed by atoms with Crippen LogP contribution >= 0.6 is 24.0 Å². The highest BCUT2D eigenvalue weighted by Crippen LogP contribution is 2.29. The van der Waals surface area contributed by atoms with E-state index in [0.717, 1.165) is 41.8 Å². The first kappa shape index (κ1) is 26.0. The van der Waals surface area contributed by atoms with Gasteiger partial charge in [-0.3, -0.25) is 9.79 Å². The van der Waals surface area contributed by atoms with E-state index in [0.29, 0.717) is 38.4 Å². The van der Waals surface area contributed by atoms with Crippen molar-refractivity contribution in [3.05, 3.63) is 70.8 Å². The molecule has 0 atom stereocenters. The van der Waals surface area contributed by atoms with Crippen LogP contribution in [0.5, 0.6) is 0 Å². The third-order valence-electron chi connectivity index (χ3n) is 5.21. The van der Waals surface area contributed by atoms with Gasteiger partial charge in [0.05, 0.1) is 5.56 Å². The maximum Gasteiger partial charge on any atom is 0.416 e. The number of halogens is 4. The monoisotopic (exact) mass is 560 g/mol. The Morgan fingerprint density at radius 1 is 1.06 bits per heavy atom. The summed E-state index contributed by atoms with van der Waals surface area (Å²) in [5.41, 5.74) is 2.35. The fraction of sp³-hybridized carbons (Fsp3) is 0.391. The predicted molar refractivity (Wildman–Crippen MR) is 130 cm³/mol. The van der Waals surface area contributed by atoms with Crippen LogP contribution in [0.15, 0.2) is 53.5 Å². The fourth-order valence-corrected chi connectivity index (χ4v) is 3.52. The van der Waals surface area contributed by atoms with Crippen molar-refractivity contribution in [2.45, 2.75) is 38.5 Å². The van der Waals surface area contributed by atoms with Crippen LogP contribution in [0.1, 0.15) is 35.1 Å². The Bertz CT molecular complexity index is 916. The van der Waals surface area contributed by atoms with E-state index in [-0.39, 0.29) is 29.9 Å². The van der Waals surface area contributed by atoms with Gasteiger partial charge in [0, 0.05) is 39.6 Å². The number of alkyl halides is 3. The zero-order valence-electron chi connectivity index (χ0n) is 17.9. The van der Waals surface area contributed by atoms with Gasteiger partial charge in [0.2, 0.25) is 5.91 Å². The van der Waals surface area contributed by atoms with E-state index in [4.69, 9.17) is 0 Å². The summed E-state index contributed by atoms with van der Waals surface area (Å²) in [6, 6.07) is 13.3. The first-order valence-corrected chi connectivity index (χ1v) is 10.3. The summed E-state index contributed by atoms with van der Waals surface area (Å²) in [6.07, 6.45) is -2.17. The number of guanidine groups is 1. The molecule has 3 rings (SSSR count). The highest BCUT2D eigenvalue weighted by molar-refractivity contribution is 14.0. The molecule has 2 N–H and O–H groups in total. The molecule has 0 radical (unpaired) electrons. The van der Waals surface area contributed by atoms with Gasteiger partial charge in [-0.2, -0.15) is 13.2 Å². The second-order valence-electron chi connectivity index (χ2n) is 7.54. The molecule has 0 aliphatic carbocycles.